The maximum Gasteiger partial charge on any atom is 0.256 e. The van der Waals surface area contributed by atoms with Crippen molar-refractivity contribution in [2.24, 2.45) is 0 Å². The molecular formula is C17H15ClN4O2. The third-order valence-corrected chi connectivity index (χ3v) is 4.16. The average molecular weight is 343 g/mol. The number of ether oxygens (including phenoxy) is 1. The van der Waals surface area contributed by atoms with Gasteiger partial charge in [-0.15, -0.1) is 0 Å². The third kappa shape index (κ3) is 2.81. The molecule has 1 aromatic heterocycles. The maximum absolute atomic E-state index is 12.6. The van der Waals surface area contributed by atoms with E-state index < -0.39 is 0 Å². The van der Waals surface area contributed by atoms with E-state index in [0.29, 0.717) is 22.9 Å². The normalized spacial score (nSPS) is 13.9. The predicted molar refractivity (Wildman–Crippen MR) is 92.7 cm³/mol. The number of carbonyl (C=O) groups is 1. The third-order valence-electron chi connectivity index (χ3n) is 3.94. The second kappa shape index (κ2) is 6.14. The lowest BCUT2D eigenvalue weighted by Gasteiger charge is -2.11. The van der Waals surface area contributed by atoms with Crippen molar-refractivity contribution in [2.75, 3.05) is 18.5 Å². The van der Waals surface area contributed by atoms with Gasteiger partial charge in [-0.25, -0.2) is 0 Å². The highest BCUT2D eigenvalue weighted by atomic mass is 35.5. The number of hydrogen-bond donors (Lipinski definition) is 3. The van der Waals surface area contributed by atoms with Crippen molar-refractivity contribution >= 4 is 34.1 Å². The molecule has 0 unspecified atom stereocenters. The fraction of sp³-hybridized carbons (Fsp3) is 0.176. The SMILES string of the molecule is O=C(Nc1ccc2c(c1)OCCNC2)c1cc(Cl)cc2[nH]ncc12. The molecule has 0 radical (unpaired) electrons. The van der Waals surface area contributed by atoms with Gasteiger partial charge in [-0.2, -0.15) is 5.10 Å². The molecule has 0 atom stereocenters. The quantitative estimate of drug-likeness (QED) is 0.669. The average Bonchev–Trinajstić information content (AvgIpc) is 2.91. The summed E-state index contributed by atoms with van der Waals surface area (Å²) in [4.78, 5) is 12.6. The molecule has 0 spiro atoms. The van der Waals surface area contributed by atoms with Crippen LogP contribution in [0.2, 0.25) is 5.02 Å². The van der Waals surface area contributed by atoms with Gasteiger partial charge in [0.05, 0.1) is 17.3 Å². The van der Waals surface area contributed by atoms with Crippen LogP contribution in [-0.2, 0) is 6.54 Å². The van der Waals surface area contributed by atoms with Crippen LogP contribution in [0.4, 0.5) is 5.69 Å². The first kappa shape index (κ1) is 15.0. The molecule has 0 bridgehead atoms. The maximum atomic E-state index is 12.6. The summed E-state index contributed by atoms with van der Waals surface area (Å²) in [7, 11) is 0. The van der Waals surface area contributed by atoms with Gasteiger partial charge in [0.25, 0.3) is 5.91 Å². The van der Waals surface area contributed by atoms with Gasteiger partial charge in [0.1, 0.15) is 12.4 Å². The van der Waals surface area contributed by atoms with Gasteiger partial charge < -0.3 is 15.4 Å². The summed E-state index contributed by atoms with van der Waals surface area (Å²) in [6.07, 6.45) is 1.62. The van der Waals surface area contributed by atoms with Crippen LogP contribution in [0.25, 0.3) is 10.9 Å². The number of H-pyrrole nitrogens is 1. The molecule has 24 heavy (non-hydrogen) atoms. The Labute approximate surface area is 143 Å². The van der Waals surface area contributed by atoms with Crippen LogP contribution in [-0.4, -0.2) is 29.3 Å². The molecule has 3 aromatic rings. The van der Waals surface area contributed by atoms with Crippen molar-refractivity contribution in [2.45, 2.75) is 6.54 Å². The van der Waals surface area contributed by atoms with Gasteiger partial charge in [-0.1, -0.05) is 17.7 Å². The monoisotopic (exact) mass is 342 g/mol. The molecule has 3 N–H and O–H groups in total. The van der Waals surface area contributed by atoms with Gasteiger partial charge >= 0.3 is 0 Å². The van der Waals surface area contributed by atoms with Gasteiger partial charge in [0.15, 0.2) is 0 Å². The Morgan fingerprint density at radius 3 is 3.12 bits per heavy atom. The van der Waals surface area contributed by atoms with Crippen molar-refractivity contribution in [3.05, 3.63) is 52.7 Å². The number of halogens is 1. The second-order valence-corrected chi connectivity index (χ2v) is 6.02. The van der Waals surface area contributed by atoms with Gasteiger partial charge in [0.2, 0.25) is 0 Å². The number of nitrogens with zero attached hydrogens (tertiary/aromatic N) is 1. The summed E-state index contributed by atoms with van der Waals surface area (Å²) in [5.74, 6) is 0.549. The molecule has 1 aliphatic rings. The molecule has 0 saturated heterocycles. The molecule has 4 rings (SSSR count). The lowest BCUT2D eigenvalue weighted by Crippen LogP contribution is -2.16. The molecule has 0 aliphatic carbocycles. The van der Waals surface area contributed by atoms with Crippen LogP contribution in [0.15, 0.2) is 36.5 Å². The first-order chi connectivity index (χ1) is 11.7. The van der Waals surface area contributed by atoms with Crippen molar-refractivity contribution in [1.29, 1.82) is 0 Å². The number of carbonyl (C=O) groups excluding carboxylic acids is 1. The molecule has 0 fully saturated rings. The zero-order valence-corrected chi connectivity index (χ0v) is 13.5. The standard InChI is InChI=1S/C17H15ClN4O2/c18-11-5-13(14-9-20-22-15(14)6-11)17(23)21-12-2-1-10-8-19-3-4-24-16(10)7-12/h1-2,5-7,9,19H,3-4,8H2,(H,20,22)(H,21,23). The number of aromatic nitrogens is 2. The van der Waals surface area contributed by atoms with Crippen LogP contribution in [0.1, 0.15) is 15.9 Å². The Morgan fingerprint density at radius 2 is 2.21 bits per heavy atom. The van der Waals surface area contributed by atoms with Crippen molar-refractivity contribution in [3.63, 3.8) is 0 Å². The zero-order chi connectivity index (χ0) is 16.5. The van der Waals surface area contributed by atoms with Gasteiger partial charge in [-0.05, 0) is 18.2 Å². The van der Waals surface area contributed by atoms with E-state index >= 15 is 0 Å². The highest BCUT2D eigenvalue weighted by Crippen LogP contribution is 2.27. The highest BCUT2D eigenvalue weighted by molar-refractivity contribution is 6.32. The summed E-state index contributed by atoms with van der Waals surface area (Å²) >= 11 is 6.09. The number of aromatic amines is 1. The Morgan fingerprint density at radius 1 is 1.29 bits per heavy atom. The van der Waals surface area contributed by atoms with E-state index in [1.165, 1.54) is 0 Å². The van der Waals surface area contributed by atoms with Gasteiger partial charge in [-0.3, -0.25) is 9.89 Å². The summed E-state index contributed by atoms with van der Waals surface area (Å²) in [5.41, 5.74) is 2.95. The Kier molecular flexibility index (Phi) is 3.84. The smallest absolute Gasteiger partial charge is 0.256 e. The number of nitrogens with one attached hydrogen (secondary N) is 3. The molecule has 6 nitrogen and oxygen atoms in total. The molecule has 7 heteroatoms. The second-order valence-electron chi connectivity index (χ2n) is 5.59. The predicted octanol–water partition coefficient (Wildman–Crippen LogP) is 2.95. The minimum absolute atomic E-state index is 0.240. The van der Waals surface area contributed by atoms with Crippen molar-refractivity contribution in [1.82, 2.24) is 15.5 Å². The molecule has 2 aromatic carbocycles. The molecule has 0 saturated carbocycles. The Hall–Kier alpha value is -2.57. The number of rotatable bonds is 2. The van der Waals surface area contributed by atoms with Crippen LogP contribution >= 0.6 is 11.6 Å². The molecule has 1 amide bonds. The lowest BCUT2D eigenvalue weighted by molar-refractivity contribution is 0.102. The van der Waals surface area contributed by atoms with Crippen LogP contribution in [0, 0.1) is 0 Å². The minimum atomic E-state index is -0.240. The zero-order valence-electron chi connectivity index (χ0n) is 12.7. The molecular weight excluding hydrogens is 328 g/mol. The van der Waals surface area contributed by atoms with Crippen LogP contribution in [0.3, 0.4) is 0 Å². The first-order valence-corrected chi connectivity index (χ1v) is 7.99. The minimum Gasteiger partial charge on any atom is -0.492 e. The van der Waals surface area contributed by atoms with E-state index in [4.69, 9.17) is 16.3 Å². The summed E-state index contributed by atoms with van der Waals surface area (Å²) in [6.45, 7) is 2.17. The van der Waals surface area contributed by atoms with E-state index in [-0.39, 0.29) is 5.91 Å². The van der Waals surface area contributed by atoms with E-state index in [1.54, 1.807) is 18.3 Å². The van der Waals surface area contributed by atoms with E-state index in [1.807, 2.05) is 18.2 Å². The molecule has 1 aliphatic heterocycles. The molecule has 2 heterocycles. The van der Waals surface area contributed by atoms with Crippen LogP contribution < -0.4 is 15.4 Å². The van der Waals surface area contributed by atoms with Crippen molar-refractivity contribution < 1.29 is 9.53 Å². The van der Waals surface area contributed by atoms with E-state index in [9.17, 15) is 4.79 Å². The fourth-order valence-electron chi connectivity index (χ4n) is 2.77. The van der Waals surface area contributed by atoms with Crippen LogP contribution in [0.5, 0.6) is 5.75 Å². The molecule has 122 valence electrons. The summed E-state index contributed by atoms with van der Waals surface area (Å²) in [5, 5.41) is 14.2. The van der Waals surface area contributed by atoms with Crippen molar-refractivity contribution in [3.8, 4) is 5.75 Å². The van der Waals surface area contributed by atoms with E-state index in [2.05, 4.69) is 20.8 Å². The Bertz CT molecular complexity index is 922. The number of benzene rings is 2. The van der Waals surface area contributed by atoms with E-state index in [0.717, 1.165) is 35.3 Å². The summed E-state index contributed by atoms with van der Waals surface area (Å²) in [6, 6.07) is 9.04. The van der Waals surface area contributed by atoms with Gasteiger partial charge in [0, 0.05) is 40.8 Å². The largest absolute Gasteiger partial charge is 0.492 e. The first-order valence-electron chi connectivity index (χ1n) is 7.61. The topological polar surface area (TPSA) is 79.0 Å². The highest BCUT2D eigenvalue weighted by Gasteiger charge is 2.15. The number of fused-ring (bicyclic) bond motifs is 2. The Balaban J connectivity index is 1.64. The number of hydrogen-bond acceptors (Lipinski definition) is 4. The number of amides is 1. The lowest BCUT2D eigenvalue weighted by atomic mass is 10.1. The summed E-state index contributed by atoms with van der Waals surface area (Å²) < 4.78 is 5.70. The fourth-order valence-corrected chi connectivity index (χ4v) is 2.99. The number of anilines is 1.